The molecule has 0 spiro atoms. The summed E-state index contributed by atoms with van der Waals surface area (Å²) in [6, 6.07) is 6.95. The molecule has 0 aromatic heterocycles. The first-order valence-corrected chi connectivity index (χ1v) is 8.46. The van der Waals surface area contributed by atoms with Crippen LogP contribution >= 0.6 is 11.6 Å². The third kappa shape index (κ3) is 4.37. The molecular weight excluding hydrogens is 280 g/mol. The molecule has 3 heteroatoms. The highest BCUT2D eigenvalue weighted by Gasteiger charge is 2.28. The van der Waals surface area contributed by atoms with Gasteiger partial charge in [0.05, 0.1) is 0 Å². The second-order valence-electron chi connectivity index (χ2n) is 7.52. The summed E-state index contributed by atoms with van der Waals surface area (Å²) in [4.78, 5) is 2.57. The molecule has 2 rings (SSSR count). The van der Waals surface area contributed by atoms with Crippen LogP contribution in [0.5, 0.6) is 0 Å². The molecule has 0 saturated carbocycles. The number of anilines is 1. The molecule has 1 fully saturated rings. The van der Waals surface area contributed by atoms with E-state index in [9.17, 15) is 0 Å². The van der Waals surface area contributed by atoms with Crippen LogP contribution in [0.1, 0.15) is 53.0 Å². The molecule has 2 nitrogen and oxygen atoms in total. The lowest BCUT2D eigenvalue weighted by atomic mass is 10.0. The van der Waals surface area contributed by atoms with Crippen LogP contribution in [0.15, 0.2) is 18.2 Å². The van der Waals surface area contributed by atoms with Gasteiger partial charge in [0.15, 0.2) is 0 Å². The molecule has 21 heavy (non-hydrogen) atoms. The lowest BCUT2D eigenvalue weighted by Crippen LogP contribution is -2.37. The highest BCUT2D eigenvalue weighted by atomic mass is 35.5. The Morgan fingerprint density at radius 1 is 1.33 bits per heavy atom. The first-order valence-electron chi connectivity index (χ1n) is 8.08. The second kappa shape index (κ2) is 6.58. The molecule has 1 aliphatic heterocycles. The SMILES string of the molecule is CC(C)C1CCCN1c1cc(Cl)ccc1CNC(C)(C)C. The Morgan fingerprint density at radius 3 is 2.67 bits per heavy atom. The Balaban J connectivity index is 2.26. The predicted molar refractivity (Wildman–Crippen MR) is 93.3 cm³/mol. The van der Waals surface area contributed by atoms with Gasteiger partial charge in [-0.3, -0.25) is 0 Å². The van der Waals surface area contributed by atoms with Gasteiger partial charge in [0.1, 0.15) is 0 Å². The molecule has 1 unspecified atom stereocenters. The van der Waals surface area contributed by atoms with E-state index in [4.69, 9.17) is 11.6 Å². The molecule has 1 saturated heterocycles. The molecular formula is C18H29ClN2. The van der Waals surface area contributed by atoms with Crippen LogP contribution in [-0.4, -0.2) is 18.1 Å². The Bertz CT molecular complexity index is 477. The van der Waals surface area contributed by atoms with Crippen LogP contribution in [0.4, 0.5) is 5.69 Å². The van der Waals surface area contributed by atoms with E-state index in [1.807, 2.05) is 6.07 Å². The van der Waals surface area contributed by atoms with Gasteiger partial charge in [-0.1, -0.05) is 31.5 Å². The summed E-state index contributed by atoms with van der Waals surface area (Å²) in [6.07, 6.45) is 2.57. The predicted octanol–water partition coefficient (Wildman–Crippen LogP) is 4.85. The molecule has 1 aliphatic rings. The van der Waals surface area contributed by atoms with Gasteiger partial charge in [0.25, 0.3) is 0 Å². The van der Waals surface area contributed by atoms with Crippen molar-refractivity contribution in [1.82, 2.24) is 5.32 Å². The van der Waals surface area contributed by atoms with E-state index >= 15 is 0 Å². The molecule has 0 amide bonds. The second-order valence-corrected chi connectivity index (χ2v) is 7.96. The number of halogens is 1. The summed E-state index contributed by atoms with van der Waals surface area (Å²) in [5.74, 6) is 0.676. The van der Waals surface area contributed by atoms with E-state index in [-0.39, 0.29) is 5.54 Å². The third-order valence-electron chi connectivity index (χ3n) is 4.23. The molecule has 1 heterocycles. The van der Waals surface area contributed by atoms with Crippen molar-refractivity contribution in [2.75, 3.05) is 11.4 Å². The molecule has 118 valence electrons. The number of hydrogen-bond donors (Lipinski definition) is 1. The summed E-state index contributed by atoms with van der Waals surface area (Å²) in [6.45, 7) is 13.3. The van der Waals surface area contributed by atoms with Gasteiger partial charge in [-0.2, -0.15) is 0 Å². The zero-order valence-corrected chi connectivity index (χ0v) is 14.8. The number of benzene rings is 1. The topological polar surface area (TPSA) is 15.3 Å². The summed E-state index contributed by atoms with van der Waals surface area (Å²) in [7, 11) is 0. The maximum atomic E-state index is 6.27. The molecule has 1 N–H and O–H groups in total. The minimum absolute atomic E-state index is 0.124. The van der Waals surface area contributed by atoms with Gasteiger partial charge < -0.3 is 10.2 Å². The monoisotopic (exact) mass is 308 g/mol. The fraction of sp³-hybridized carbons (Fsp3) is 0.667. The minimum atomic E-state index is 0.124. The van der Waals surface area contributed by atoms with Gasteiger partial charge >= 0.3 is 0 Å². The summed E-state index contributed by atoms with van der Waals surface area (Å²) >= 11 is 6.27. The van der Waals surface area contributed by atoms with Crippen molar-refractivity contribution in [3.63, 3.8) is 0 Å². The first kappa shape index (κ1) is 16.6. The van der Waals surface area contributed by atoms with E-state index < -0.39 is 0 Å². The van der Waals surface area contributed by atoms with Crippen LogP contribution in [-0.2, 0) is 6.54 Å². The average molecular weight is 309 g/mol. The summed E-state index contributed by atoms with van der Waals surface area (Å²) < 4.78 is 0. The molecule has 1 atom stereocenters. The van der Waals surface area contributed by atoms with Crippen LogP contribution < -0.4 is 10.2 Å². The largest absolute Gasteiger partial charge is 0.368 e. The van der Waals surface area contributed by atoms with Crippen LogP contribution in [0.3, 0.4) is 0 Å². The van der Waals surface area contributed by atoms with Gasteiger partial charge in [0.2, 0.25) is 0 Å². The molecule has 0 bridgehead atoms. The smallest absolute Gasteiger partial charge is 0.0429 e. The van der Waals surface area contributed by atoms with Crippen LogP contribution in [0.2, 0.25) is 5.02 Å². The number of hydrogen-bond acceptors (Lipinski definition) is 2. The third-order valence-corrected chi connectivity index (χ3v) is 4.47. The normalized spacial score (nSPS) is 19.6. The molecule has 0 aliphatic carbocycles. The summed E-state index contributed by atoms with van der Waals surface area (Å²) in [5.41, 5.74) is 2.79. The summed E-state index contributed by atoms with van der Waals surface area (Å²) in [5, 5.41) is 4.43. The maximum Gasteiger partial charge on any atom is 0.0429 e. The average Bonchev–Trinajstić information content (AvgIpc) is 2.85. The number of nitrogens with one attached hydrogen (secondary N) is 1. The molecule has 1 aromatic carbocycles. The maximum absolute atomic E-state index is 6.27. The van der Waals surface area contributed by atoms with Crippen molar-refractivity contribution < 1.29 is 0 Å². The minimum Gasteiger partial charge on any atom is -0.368 e. The van der Waals surface area contributed by atoms with Crippen molar-refractivity contribution in [3.8, 4) is 0 Å². The highest BCUT2D eigenvalue weighted by molar-refractivity contribution is 6.30. The van der Waals surface area contributed by atoms with Gasteiger partial charge in [-0.25, -0.2) is 0 Å². The fourth-order valence-electron chi connectivity index (χ4n) is 3.10. The van der Waals surface area contributed by atoms with Crippen molar-refractivity contribution in [2.45, 2.75) is 65.6 Å². The van der Waals surface area contributed by atoms with Crippen molar-refractivity contribution in [3.05, 3.63) is 28.8 Å². The Kier molecular flexibility index (Phi) is 5.21. The quantitative estimate of drug-likeness (QED) is 0.855. The van der Waals surface area contributed by atoms with Crippen molar-refractivity contribution in [2.24, 2.45) is 5.92 Å². The van der Waals surface area contributed by atoms with E-state index in [2.05, 4.69) is 57.0 Å². The zero-order chi connectivity index (χ0) is 15.6. The number of nitrogens with zero attached hydrogens (tertiary/aromatic N) is 1. The number of rotatable bonds is 4. The van der Waals surface area contributed by atoms with Gasteiger partial charge in [0, 0.05) is 35.4 Å². The standard InChI is InChI=1S/C18H29ClN2/c1-13(2)16-7-6-10-21(16)17-11-15(19)9-8-14(17)12-20-18(3,4)5/h8-9,11,13,16,20H,6-7,10,12H2,1-5H3. The van der Waals surface area contributed by atoms with Crippen LogP contribution in [0.25, 0.3) is 0 Å². The zero-order valence-electron chi connectivity index (χ0n) is 14.0. The van der Waals surface area contributed by atoms with Gasteiger partial charge in [-0.05, 0) is 57.2 Å². The molecule has 1 aromatic rings. The lowest BCUT2D eigenvalue weighted by Gasteiger charge is -2.32. The Hall–Kier alpha value is -0.730. The van der Waals surface area contributed by atoms with Crippen molar-refractivity contribution in [1.29, 1.82) is 0 Å². The van der Waals surface area contributed by atoms with Gasteiger partial charge in [-0.15, -0.1) is 0 Å². The first-order chi connectivity index (χ1) is 9.78. The van der Waals surface area contributed by atoms with Crippen LogP contribution in [0, 0.1) is 5.92 Å². The fourth-order valence-corrected chi connectivity index (χ4v) is 3.27. The van der Waals surface area contributed by atoms with Crippen molar-refractivity contribution >= 4 is 17.3 Å². The lowest BCUT2D eigenvalue weighted by molar-refractivity contribution is 0.423. The highest BCUT2D eigenvalue weighted by Crippen LogP contribution is 2.34. The van der Waals surface area contributed by atoms with E-state index in [0.717, 1.165) is 18.1 Å². The van der Waals surface area contributed by atoms with E-state index in [1.54, 1.807) is 0 Å². The molecule has 0 radical (unpaired) electrons. The van der Waals surface area contributed by atoms with E-state index in [0.29, 0.717) is 12.0 Å². The Morgan fingerprint density at radius 2 is 2.05 bits per heavy atom. The van der Waals surface area contributed by atoms with E-state index in [1.165, 1.54) is 24.1 Å². The Labute approximate surface area is 134 Å².